The van der Waals surface area contributed by atoms with Crippen LogP contribution in [0.4, 0.5) is 4.39 Å². The lowest BCUT2D eigenvalue weighted by molar-refractivity contribution is -0.137. The molecule has 0 unspecified atom stereocenters. The minimum Gasteiger partial charge on any atom is -0.358 e. The largest absolute Gasteiger partial charge is 0.358 e. The number of amides is 1. The number of carbonyl (C=O) groups is 1. The summed E-state index contributed by atoms with van der Waals surface area (Å²) in [6, 6.07) is 4.87. The molecule has 1 N–H and O–H groups in total. The number of rotatable bonds is 1. The predicted octanol–water partition coefficient (Wildman–Crippen LogP) is 3.77. The molecule has 2 heterocycles. The maximum atomic E-state index is 13.4. The summed E-state index contributed by atoms with van der Waals surface area (Å²) in [6.45, 7) is 1.44. The summed E-state index contributed by atoms with van der Waals surface area (Å²) in [5.41, 5.74) is 3.18. The third-order valence-electron chi connectivity index (χ3n) is 5.20. The van der Waals surface area contributed by atoms with Crippen LogP contribution in [0.3, 0.4) is 0 Å². The molecule has 1 aromatic heterocycles. The number of aromatic amines is 1. The number of aromatic nitrogens is 1. The minimum absolute atomic E-state index is 0.220. The van der Waals surface area contributed by atoms with Gasteiger partial charge in [0.1, 0.15) is 5.82 Å². The summed E-state index contributed by atoms with van der Waals surface area (Å²) >= 11 is 0. The molecule has 1 aromatic carbocycles. The zero-order chi connectivity index (χ0) is 15.1. The van der Waals surface area contributed by atoms with Gasteiger partial charge in [-0.05, 0) is 31.0 Å². The van der Waals surface area contributed by atoms with E-state index in [1.165, 1.54) is 30.9 Å². The van der Waals surface area contributed by atoms with Crippen molar-refractivity contribution in [3.8, 4) is 0 Å². The normalized spacial score (nSPS) is 19.4. The van der Waals surface area contributed by atoms with E-state index in [1.807, 2.05) is 11.0 Å². The molecule has 116 valence electrons. The minimum atomic E-state index is -0.221. The lowest BCUT2D eigenvalue weighted by atomic mass is 9.87. The quantitative estimate of drug-likeness (QED) is 0.855. The summed E-state index contributed by atoms with van der Waals surface area (Å²) in [6.07, 6.45) is 6.55. The molecule has 3 nitrogen and oxygen atoms in total. The van der Waals surface area contributed by atoms with E-state index in [4.69, 9.17) is 0 Å². The topological polar surface area (TPSA) is 36.1 Å². The van der Waals surface area contributed by atoms with Crippen molar-refractivity contribution < 1.29 is 9.18 Å². The van der Waals surface area contributed by atoms with Crippen molar-refractivity contribution in [1.29, 1.82) is 0 Å². The Hall–Kier alpha value is -1.84. The van der Waals surface area contributed by atoms with Crippen molar-refractivity contribution in [2.24, 2.45) is 5.92 Å². The first-order valence-corrected chi connectivity index (χ1v) is 8.30. The molecule has 1 aliphatic heterocycles. The molecule has 1 aliphatic carbocycles. The van der Waals surface area contributed by atoms with Crippen LogP contribution in [-0.4, -0.2) is 22.3 Å². The Morgan fingerprint density at radius 1 is 1.23 bits per heavy atom. The molecule has 4 rings (SSSR count). The van der Waals surface area contributed by atoms with Crippen LogP contribution >= 0.6 is 0 Å². The number of hydrogen-bond acceptors (Lipinski definition) is 1. The van der Waals surface area contributed by atoms with Gasteiger partial charge in [-0.2, -0.15) is 0 Å². The first-order valence-electron chi connectivity index (χ1n) is 8.30. The number of carbonyl (C=O) groups excluding carboxylic acids is 1. The second-order valence-electron chi connectivity index (χ2n) is 6.62. The molecule has 1 saturated carbocycles. The van der Waals surface area contributed by atoms with Gasteiger partial charge in [0.2, 0.25) is 5.91 Å². The highest BCUT2D eigenvalue weighted by Crippen LogP contribution is 2.31. The Morgan fingerprint density at radius 2 is 2.05 bits per heavy atom. The number of fused-ring (bicyclic) bond motifs is 3. The number of benzene rings is 1. The van der Waals surface area contributed by atoms with Crippen LogP contribution in [0.15, 0.2) is 18.2 Å². The van der Waals surface area contributed by atoms with Crippen molar-refractivity contribution in [3.63, 3.8) is 0 Å². The zero-order valence-electron chi connectivity index (χ0n) is 12.7. The lowest BCUT2D eigenvalue weighted by Gasteiger charge is -2.32. The molecule has 2 aromatic rings. The van der Waals surface area contributed by atoms with Gasteiger partial charge in [-0.15, -0.1) is 0 Å². The van der Waals surface area contributed by atoms with Gasteiger partial charge < -0.3 is 9.88 Å². The van der Waals surface area contributed by atoms with Gasteiger partial charge >= 0.3 is 0 Å². The highest BCUT2D eigenvalue weighted by molar-refractivity contribution is 5.86. The maximum Gasteiger partial charge on any atom is 0.225 e. The molecular formula is C18H21FN2O. The van der Waals surface area contributed by atoms with Crippen LogP contribution in [0.1, 0.15) is 43.4 Å². The van der Waals surface area contributed by atoms with Crippen LogP contribution < -0.4 is 0 Å². The second-order valence-corrected chi connectivity index (χ2v) is 6.62. The number of H-pyrrole nitrogens is 1. The summed E-state index contributed by atoms with van der Waals surface area (Å²) in [5.74, 6) is 0.320. The summed E-state index contributed by atoms with van der Waals surface area (Å²) < 4.78 is 13.4. The second kappa shape index (κ2) is 5.41. The average molecular weight is 300 g/mol. The van der Waals surface area contributed by atoms with Crippen LogP contribution in [0, 0.1) is 11.7 Å². The number of nitrogens with zero attached hydrogens (tertiary/aromatic N) is 1. The zero-order valence-corrected chi connectivity index (χ0v) is 12.7. The monoisotopic (exact) mass is 300 g/mol. The SMILES string of the molecule is O=C(C1CCCCC1)N1CCc2[nH]c3cc(F)ccc3c2C1. The summed E-state index contributed by atoms with van der Waals surface area (Å²) in [5, 5.41) is 1.05. The van der Waals surface area contributed by atoms with Gasteiger partial charge in [0.05, 0.1) is 0 Å². The Kier molecular flexibility index (Phi) is 3.40. The molecule has 2 aliphatic rings. The van der Waals surface area contributed by atoms with Gasteiger partial charge in [0, 0.05) is 47.6 Å². The van der Waals surface area contributed by atoms with Crippen LogP contribution in [-0.2, 0) is 17.8 Å². The van der Waals surface area contributed by atoms with Gasteiger partial charge in [0.15, 0.2) is 0 Å². The van der Waals surface area contributed by atoms with Gasteiger partial charge in [0.25, 0.3) is 0 Å². The standard InChI is InChI=1S/C18H21FN2O/c19-13-6-7-14-15-11-21(9-8-16(15)20-17(14)10-13)18(22)12-4-2-1-3-5-12/h6-7,10,12,20H,1-5,8-9,11H2. The van der Waals surface area contributed by atoms with E-state index in [9.17, 15) is 9.18 Å². The van der Waals surface area contributed by atoms with Crippen molar-refractivity contribution in [2.45, 2.75) is 45.1 Å². The smallest absolute Gasteiger partial charge is 0.225 e. The highest BCUT2D eigenvalue weighted by atomic mass is 19.1. The first-order chi connectivity index (χ1) is 10.7. The van der Waals surface area contributed by atoms with Crippen LogP contribution in [0.5, 0.6) is 0 Å². The van der Waals surface area contributed by atoms with Gasteiger partial charge in [-0.3, -0.25) is 4.79 Å². The van der Waals surface area contributed by atoms with E-state index < -0.39 is 0 Å². The number of nitrogens with one attached hydrogen (secondary N) is 1. The van der Waals surface area contributed by atoms with Gasteiger partial charge in [-0.1, -0.05) is 19.3 Å². The molecule has 1 amide bonds. The highest BCUT2D eigenvalue weighted by Gasteiger charge is 2.29. The molecule has 0 atom stereocenters. The van der Waals surface area contributed by atoms with Gasteiger partial charge in [-0.25, -0.2) is 4.39 Å². The maximum absolute atomic E-state index is 13.4. The fourth-order valence-electron chi connectivity index (χ4n) is 3.99. The van der Waals surface area contributed by atoms with E-state index in [-0.39, 0.29) is 11.7 Å². The molecule has 0 radical (unpaired) electrons. The first kappa shape index (κ1) is 13.8. The Bertz CT molecular complexity index is 715. The number of hydrogen-bond donors (Lipinski definition) is 1. The molecule has 1 fully saturated rings. The Labute approximate surface area is 129 Å². The van der Waals surface area contributed by atoms with E-state index in [1.54, 1.807) is 6.07 Å². The average Bonchev–Trinajstić information content (AvgIpc) is 2.91. The van der Waals surface area contributed by atoms with E-state index in [0.29, 0.717) is 12.5 Å². The Balaban J connectivity index is 1.60. The molecule has 0 bridgehead atoms. The molecule has 4 heteroatoms. The summed E-state index contributed by atoms with van der Waals surface area (Å²) in [4.78, 5) is 18.1. The predicted molar refractivity (Wildman–Crippen MR) is 84.0 cm³/mol. The fraction of sp³-hybridized carbons (Fsp3) is 0.500. The molecule has 0 spiro atoms. The van der Waals surface area contributed by atoms with E-state index >= 15 is 0 Å². The third kappa shape index (κ3) is 2.31. The lowest BCUT2D eigenvalue weighted by Crippen LogP contribution is -2.40. The van der Waals surface area contributed by atoms with Crippen LogP contribution in [0.2, 0.25) is 0 Å². The van der Waals surface area contributed by atoms with E-state index in [0.717, 1.165) is 42.4 Å². The Morgan fingerprint density at radius 3 is 2.86 bits per heavy atom. The summed E-state index contributed by atoms with van der Waals surface area (Å²) in [7, 11) is 0. The van der Waals surface area contributed by atoms with E-state index in [2.05, 4.69) is 4.98 Å². The third-order valence-corrected chi connectivity index (χ3v) is 5.20. The van der Waals surface area contributed by atoms with Crippen LogP contribution in [0.25, 0.3) is 10.9 Å². The van der Waals surface area contributed by atoms with Crippen molar-refractivity contribution in [3.05, 3.63) is 35.3 Å². The van der Waals surface area contributed by atoms with Crippen molar-refractivity contribution >= 4 is 16.8 Å². The number of halogens is 1. The van der Waals surface area contributed by atoms with Crippen molar-refractivity contribution in [2.75, 3.05) is 6.54 Å². The van der Waals surface area contributed by atoms with Crippen molar-refractivity contribution in [1.82, 2.24) is 9.88 Å². The molecular weight excluding hydrogens is 279 g/mol. The molecule has 0 saturated heterocycles. The fourth-order valence-corrected chi connectivity index (χ4v) is 3.99. The molecule has 22 heavy (non-hydrogen) atoms.